The smallest absolute Gasteiger partial charge is 0.365 e. The molecule has 0 saturated carbocycles. The highest BCUT2D eigenvalue weighted by Gasteiger charge is 2.28. The Morgan fingerprint density at radius 1 is 1.00 bits per heavy atom. The quantitative estimate of drug-likeness (QED) is 0.239. The van der Waals surface area contributed by atoms with Crippen LogP contribution in [0.2, 0.25) is 0 Å². The van der Waals surface area contributed by atoms with Gasteiger partial charge in [-0.15, -0.1) is 0 Å². The van der Waals surface area contributed by atoms with Gasteiger partial charge in [0, 0.05) is 0 Å². The van der Waals surface area contributed by atoms with E-state index < -0.39 is 35.2 Å². The van der Waals surface area contributed by atoms with Crippen molar-refractivity contribution in [3.05, 3.63) is 0 Å². The number of oxime groups is 2. The molecule has 0 aromatic carbocycles. The van der Waals surface area contributed by atoms with E-state index in [0.717, 1.165) is 0 Å². The third kappa shape index (κ3) is 4.09. The number of nitriles is 2. The molecule has 100 valence electrons. The first-order chi connectivity index (χ1) is 8.92. The van der Waals surface area contributed by atoms with Crippen LogP contribution < -0.4 is 0 Å². The summed E-state index contributed by atoms with van der Waals surface area (Å²) in [6, 6.07) is 3.22. The predicted molar refractivity (Wildman–Crippen MR) is 59.1 cm³/mol. The Morgan fingerprint density at radius 3 is 1.53 bits per heavy atom. The Labute approximate surface area is 108 Å². The number of nitrogens with zero attached hydrogens (tertiary/aromatic N) is 4. The summed E-state index contributed by atoms with van der Waals surface area (Å²) in [5.74, 6) is -4.94. The van der Waals surface area contributed by atoms with Gasteiger partial charge in [0.05, 0.1) is 24.0 Å². The number of esters is 2. The molecule has 0 aromatic heterocycles. The number of hydrogen-bond acceptors (Lipinski definition) is 9. The van der Waals surface area contributed by atoms with Crippen molar-refractivity contribution >= 4 is 23.4 Å². The molecule has 2 unspecified atom stereocenters. The SMILES string of the molecule is CC(C#N)/C(=N\O)C(=O)OC(=O)/C(=N/O)C(C)C#N. The highest BCUT2D eigenvalue weighted by Crippen LogP contribution is 2.04. The van der Waals surface area contributed by atoms with E-state index >= 15 is 0 Å². The van der Waals surface area contributed by atoms with Crippen LogP contribution in [-0.4, -0.2) is 33.8 Å². The summed E-state index contributed by atoms with van der Waals surface area (Å²) < 4.78 is 4.24. The van der Waals surface area contributed by atoms with Crippen molar-refractivity contribution in [2.45, 2.75) is 13.8 Å². The molecule has 0 aliphatic heterocycles. The maximum Gasteiger partial charge on any atom is 0.365 e. The summed E-state index contributed by atoms with van der Waals surface area (Å²) in [6.07, 6.45) is 0. The lowest BCUT2D eigenvalue weighted by molar-refractivity contribution is -0.150. The Bertz CT molecular complexity index is 465. The minimum Gasteiger partial charge on any atom is -0.410 e. The molecule has 9 nitrogen and oxygen atoms in total. The lowest BCUT2D eigenvalue weighted by atomic mass is 10.1. The van der Waals surface area contributed by atoms with E-state index in [1.165, 1.54) is 13.8 Å². The summed E-state index contributed by atoms with van der Waals surface area (Å²) in [5, 5.41) is 39.4. The summed E-state index contributed by atoms with van der Waals surface area (Å²) in [4.78, 5) is 22.8. The number of carbonyl (C=O) groups excluding carboxylic acids is 2. The first-order valence-electron chi connectivity index (χ1n) is 4.92. The van der Waals surface area contributed by atoms with Gasteiger partial charge in [-0.3, -0.25) is 0 Å². The second kappa shape index (κ2) is 7.40. The largest absolute Gasteiger partial charge is 0.410 e. The van der Waals surface area contributed by atoms with Gasteiger partial charge in [-0.05, 0) is 13.8 Å². The fraction of sp³-hybridized carbons (Fsp3) is 0.400. The second-order valence-corrected chi connectivity index (χ2v) is 3.35. The topological polar surface area (TPSA) is 156 Å². The van der Waals surface area contributed by atoms with Crippen molar-refractivity contribution in [3.8, 4) is 12.1 Å². The van der Waals surface area contributed by atoms with Crippen molar-refractivity contribution in [2.24, 2.45) is 22.1 Å². The molecule has 0 aliphatic rings. The molecule has 0 spiro atoms. The van der Waals surface area contributed by atoms with Crippen molar-refractivity contribution in [1.82, 2.24) is 0 Å². The molecule has 0 aromatic rings. The monoisotopic (exact) mass is 266 g/mol. The van der Waals surface area contributed by atoms with Gasteiger partial charge in [0.15, 0.2) is 11.4 Å². The molecule has 0 rings (SSSR count). The van der Waals surface area contributed by atoms with E-state index in [-0.39, 0.29) is 0 Å². The fourth-order valence-corrected chi connectivity index (χ4v) is 0.919. The average molecular weight is 266 g/mol. The summed E-state index contributed by atoms with van der Waals surface area (Å²) in [5.41, 5.74) is -1.37. The standard InChI is InChI=1S/C10H10N4O5/c1-5(3-11)7(13-17)9(15)19-10(16)8(14-18)6(2)4-12/h5-6,17-18H,1-2H3/b13-7+,14-8+. The highest BCUT2D eigenvalue weighted by molar-refractivity contribution is 6.45. The van der Waals surface area contributed by atoms with Gasteiger partial charge < -0.3 is 15.2 Å². The first-order valence-corrected chi connectivity index (χ1v) is 4.92. The van der Waals surface area contributed by atoms with Crippen LogP contribution in [0.4, 0.5) is 0 Å². The third-order valence-corrected chi connectivity index (χ3v) is 2.03. The molecule has 0 bridgehead atoms. The van der Waals surface area contributed by atoms with E-state index in [0.29, 0.717) is 0 Å². The summed E-state index contributed by atoms with van der Waals surface area (Å²) >= 11 is 0. The Hall–Kier alpha value is -2.94. The van der Waals surface area contributed by atoms with E-state index in [4.69, 9.17) is 20.9 Å². The van der Waals surface area contributed by atoms with Gasteiger partial charge in [0.1, 0.15) is 0 Å². The van der Waals surface area contributed by atoms with Gasteiger partial charge >= 0.3 is 11.9 Å². The maximum absolute atomic E-state index is 11.4. The van der Waals surface area contributed by atoms with Crippen molar-refractivity contribution in [2.75, 3.05) is 0 Å². The lowest BCUT2D eigenvalue weighted by Crippen LogP contribution is -2.31. The summed E-state index contributed by atoms with van der Waals surface area (Å²) in [7, 11) is 0. The molecular formula is C10H10N4O5. The van der Waals surface area contributed by atoms with Crippen LogP contribution in [-0.2, 0) is 14.3 Å². The molecule has 0 amide bonds. The maximum atomic E-state index is 11.4. The Balaban J connectivity index is 4.99. The Kier molecular flexibility index (Phi) is 6.25. The van der Waals surface area contributed by atoms with Crippen LogP contribution in [0, 0.1) is 34.5 Å². The van der Waals surface area contributed by atoms with Gasteiger partial charge in [-0.25, -0.2) is 9.59 Å². The average Bonchev–Trinajstić information content (AvgIpc) is 2.39. The number of carbonyl (C=O) groups is 2. The van der Waals surface area contributed by atoms with Crippen LogP contribution >= 0.6 is 0 Å². The van der Waals surface area contributed by atoms with Gasteiger partial charge in [0.25, 0.3) is 0 Å². The van der Waals surface area contributed by atoms with Crippen LogP contribution in [0.1, 0.15) is 13.8 Å². The van der Waals surface area contributed by atoms with Gasteiger partial charge in [-0.1, -0.05) is 10.3 Å². The minimum atomic E-state index is -1.37. The zero-order chi connectivity index (χ0) is 15.0. The molecule has 0 radical (unpaired) electrons. The van der Waals surface area contributed by atoms with Crippen molar-refractivity contribution in [1.29, 1.82) is 10.5 Å². The number of ether oxygens (including phenoxy) is 1. The van der Waals surface area contributed by atoms with Gasteiger partial charge in [-0.2, -0.15) is 10.5 Å². The molecule has 2 N–H and O–H groups in total. The van der Waals surface area contributed by atoms with E-state index in [1.807, 2.05) is 0 Å². The Morgan fingerprint density at radius 2 is 1.32 bits per heavy atom. The normalized spacial score (nSPS) is 14.7. The zero-order valence-corrected chi connectivity index (χ0v) is 10.1. The fourth-order valence-electron chi connectivity index (χ4n) is 0.919. The molecule has 2 atom stereocenters. The lowest BCUT2D eigenvalue weighted by Gasteiger charge is -2.07. The van der Waals surface area contributed by atoms with E-state index in [2.05, 4.69) is 15.0 Å². The molecule has 0 aliphatic carbocycles. The minimum absolute atomic E-state index is 0.683. The highest BCUT2D eigenvalue weighted by atomic mass is 16.6. The van der Waals surface area contributed by atoms with Crippen LogP contribution in [0.5, 0.6) is 0 Å². The second-order valence-electron chi connectivity index (χ2n) is 3.35. The molecule has 0 heterocycles. The first kappa shape index (κ1) is 16.1. The summed E-state index contributed by atoms with van der Waals surface area (Å²) in [6.45, 7) is 2.50. The molecule has 0 saturated heterocycles. The van der Waals surface area contributed by atoms with Crippen LogP contribution in [0.25, 0.3) is 0 Å². The number of rotatable bonds is 4. The molecule has 9 heteroatoms. The number of hydrogen-bond donors (Lipinski definition) is 2. The predicted octanol–water partition coefficient (Wildman–Crippen LogP) is 0.0360. The van der Waals surface area contributed by atoms with Gasteiger partial charge in [0.2, 0.25) is 0 Å². The van der Waals surface area contributed by atoms with Crippen LogP contribution in [0.15, 0.2) is 10.3 Å². The van der Waals surface area contributed by atoms with Crippen molar-refractivity contribution < 1.29 is 24.7 Å². The molecule has 0 fully saturated rings. The zero-order valence-electron chi connectivity index (χ0n) is 10.1. The van der Waals surface area contributed by atoms with E-state index in [1.54, 1.807) is 12.1 Å². The molecule has 19 heavy (non-hydrogen) atoms. The van der Waals surface area contributed by atoms with E-state index in [9.17, 15) is 9.59 Å². The third-order valence-electron chi connectivity index (χ3n) is 2.03. The van der Waals surface area contributed by atoms with Crippen molar-refractivity contribution in [3.63, 3.8) is 0 Å². The molecular weight excluding hydrogens is 256 g/mol. The van der Waals surface area contributed by atoms with Crippen LogP contribution in [0.3, 0.4) is 0 Å².